The van der Waals surface area contributed by atoms with Crippen molar-refractivity contribution in [2.45, 2.75) is 19.2 Å². The highest BCUT2D eigenvalue weighted by Crippen LogP contribution is 2.26. The van der Waals surface area contributed by atoms with E-state index >= 15 is 0 Å². The predicted octanol–water partition coefficient (Wildman–Crippen LogP) is 2.72. The Morgan fingerprint density at radius 3 is 1.38 bits per heavy atom. The average Bonchev–Trinajstić information content (AvgIpc) is 1.31. The van der Waals surface area contributed by atoms with Crippen molar-refractivity contribution in [3.05, 3.63) is 0 Å². The van der Waals surface area contributed by atoms with Crippen molar-refractivity contribution < 1.29 is 17.6 Å². The number of hydrogen-bond acceptors (Lipinski definition) is 0. The molecular weight excluding hydrogens is 147 g/mol. The molecule has 0 aliphatic heterocycles. The fourth-order valence-electron chi connectivity index (χ4n) is 0. The van der Waals surface area contributed by atoms with Crippen LogP contribution in [0.1, 0.15) is 7.43 Å². The molecule has 8 heavy (non-hydrogen) atoms. The van der Waals surface area contributed by atoms with Gasteiger partial charge in [-0.25, -0.2) is 8.78 Å². The van der Waals surface area contributed by atoms with Crippen LogP contribution in [-0.2, 0) is 0 Å². The van der Waals surface area contributed by atoms with Crippen LogP contribution in [0.4, 0.5) is 17.6 Å². The van der Waals surface area contributed by atoms with E-state index in [2.05, 4.69) is 11.6 Å². The number of alkyl halides is 5. The van der Waals surface area contributed by atoms with Crippen molar-refractivity contribution in [2.75, 3.05) is 0 Å². The Kier molecular flexibility index (Phi) is 4.25. The Labute approximate surface area is 49.4 Å². The van der Waals surface area contributed by atoms with Gasteiger partial charge in [0.2, 0.25) is 0 Å². The third-order valence-electron chi connectivity index (χ3n) is 0.247. The third kappa shape index (κ3) is 4.18. The fourth-order valence-corrected chi connectivity index (χ4v) is 0. The Balaban J connectivity index is 0. The van der Waals surface area contributed by atoms with Gasteiger partial charge in [-0.15, -0.1) is 0 Å². The largest absolute Gasteiger partial charge is 0.381 e. The van der Waals surface area contributed by atoms with Crippen LogP contribution in [-0.4, -0.2) is 11.8 Å². The molecule has 0 heterocycles. The summed E-state index contributed by atoms with van der Waals surface area (Å²) >= 11 is 3.78. The zero-order valence-corrected chi connectivity index (χ0v) is 3.72. The van der Waals surface area contributed by atoms with Crippen molar-refractivity contribution in [3.63, 3.8) is 0 Å². The number of rotatable bonds is 1. The maximum Gasteiger partial charge on any atom is 0.381 e. The summed E-state index contributed by atoms with van der Waals surface area (Å²) in [6.07, 6.45) is -3.77. The monoisotopic (exact) mass is 152 g/mol. The minimum atomic E-state index is -4.36. The highest BCUT2D eigenvalue weighted by Gasteiger charge is 2.37. The van der Waals surface area contributed by atoms with E-state index in [-0.39, 0.29) is 7.43 Å². The molecule has 0 aromatic rings. The van der Waals surface area contributed by atoms with E-state index < -0.39 is 11.8 Å². The highest BCUT2D eigenvalue weighted by molar-refractivity contribution is 6.21. The maximum atomic E-state index is 10.9. The van der Waals surface area contributed by atoms with Crippen molar-refractivity contribution >= 4 is 11.6 Å². The van der Waals surface area contributed by atoms with Crippen LogP contribution in [0.15, 0.2) is 0 Å². The molecule has 0 aromatic heterocycles. The van der Waals surface area contributed by atoms with Gasteiger partial charge in [0.1, 0.15) is 0 Å². The predicted molar refractivity (Wildman–Crippen MR) is 23.5 cm³/mol. The first-order chi connectivity index (χ1) is 2.94. The van der Waals surface area contributed by atoms with Crippen LogP contribution in [0, 0.1) is 0 Å². The van der Waals surface area contributed by atoms with Gasteiger partial charge in [0.05, 0.1) is 0 Å². The van der Waals surface area contributed by atoms with Gasteiger partial charge in [0, 0.05) is 0 Å². The van der Waals surface area contributed by atoms with Crippen molar-refractivity contribution in [3.8, 4) is 0 Å². The Hall–Kier alpha value is 0.01000. The van der Waals surface area contributed by atoms with Gasteiger partial charge in [-0.3, -0.25) is 0 Å². The van der Waals surface area contributed by atoms with Crippen LogP contribution < -0.4 is 0 Å². The molecule has 0 atom stereocenters. The van der Waals surface area contributed by atoms with E-state index in [1.165, 1.54) is 0 Å². The number of hydrogen-bond donors (Lipinski definition) is 0. The van der Waals surface area contributed by atoms with E-state index in [1.807, 2.05) is 0 Å². The molecule has 0 unspecified atom stereocenters. The minimum Gasteiger partial charge on any atom is -0.202 e. The van der Waals surface area contributed by atoms with E-state index in [1.54, 1.807) is 0 Å². The summed E-state index contributed by atoms with van der Waals surface area (Å²) in [5, 5.41) is -4.36. The second kappa shape index (κ2) is 3.12. The summed E-state index contributed by atoms with van der Waals surface area (Å²) in [6.45, 7) is 0. The molecule has 0 nitrogen and oxygen atoms in total. The smallest absolute Gasteiger partial charge is 0.202 e. The Morgan fingerprint density at radius 1 is 1.25 bits per heavy atom. The van der Waals surface area contributed by atoms with Crippen LogP contribution in [0.3, 0.4) is 0 Å². The van der Waals surface area contributed by atoms with Gasteiger partial charge in [-0.05, 0) is 11.6 Å². The van der Waals surface area contributed by atoms with Gasteiger partial charge in [-0.1, -0.05) is 7.43 Å². The van der Waals surface area contributed by atoms with E-state index in [9.17, 15) is 17.6 Å². The number of halogens is 5. The van der Waals surface area contributed by atoms with Gasteiger partial charge >= 0.3 is 11.8 Å². The van der Waals surface area contributed by atoms with Gasteiger partial charge in [-0.2, -0.15) is 8.78 Å². The first kappa shape index (κ1) is 10.9. The Morgan fingerprint density at radius 2 is 1.38 bits per heavy atom. The van der Waals surface area contributed by atoms with E-state index in [0.717, 1.165) is 0 Å². The molecule has 0 saturated carbocycles. The molecule has 5 heteroatoms. The molecular formula is C3H5ClF4. The summed E-state index contributed by atoms with van der Waals surface area (Å²) in [4.78, 5) is 0. The molecule has 0 radical (unpaired) electrons. The lowest BCUT2D eigenvalue weighted by molar-refractivity contribution is -0.0629. The first-order valence-corrected chi connectivity index (χ1v) is 1.67. The average molecular weight is 153 g/mol. The van der Waals surface area contributed by atoms with Crippen LogP contribution in [0.2, 0.25) is 0 Å². The van der Waals surface area contributed by atoms with Crippen LogP contribution in [0.25, 0.3) is 0 Å². The van der Waals surface area contributed by atoms with Gasteiger partial charge < -0.3 is 0 Å². The molecule has 0 bridgehead atoms. The lowest BCUT2D eigenvalue weighted by atomic mass is 10.7. The second-order valence-electron chi connectivity index (χ2n) is 0.842. The summed E-state index contributed by atoms with van der Waals surface area (Å²) in [6, 6.07) is 0. The van der Waals surface area contributed by atoms with Crippen molar-refractivity contribution in [1.82, 2.24) is 0 Å². The summed E-state index contributed by atoms with van der Waals surface area (Å²) in [5.74, 6) is 0. The first-order valence-electron chi connectivity index (χ1n) is 1.29. The zero-order chi connectivity index (χ0) is 6.08. The normalized spacial score (nSPS) is 11.2. The second-order valence-corrected chi connectivity index (χ2v) is 1.35. The third-order valence-corrected chi connectivity index (χ3v) is 0.412. The summed E-state index contributed by atoms with van der Waals surface area (Å²) in [7, 11) is 0. The van der Waals surface area contributed by atoms with Gasteiger partial charge in [0.25, 0.3) is 0 Å². The molecule has 0 fully saturated rings. The van der Waals surface area contributed by atoms with E-state index in [0.29, 0.717) is 0 Å². The standard InChI is InChI=1S/C2HClF4.CH4/c3-2(6,7)1(4)5;/h1H;1H4. The molecule has 0 rings (SSSR count). The molecule has 0 aliphatic rings. The highest BCUT2D eigenvalue weighted by atomic mass is 35.5. The van der Waals surface area contributed by atoms with Crippen molar-refractivity contribution in [2.24, 2.45) is 0 Å². The molecule has 0 spiro atoms. The fraction of sp³-hybridized carbons (Fsp3) is 1.00. The summed E-state index contributed by atoms with van der Waals surface area (Å²) in [5.41, 5.74) is 0. The lowest BCUT2D eigenvalue weighted by Gasteiger charge is -2.02. The SMILES string of the molecule is C.FC(F)C(F)(F)Cl. The molecule has 0 aromatic carbocycles. The molecule has 0 N–H and O–H groups in total. The zero-order valence-electron chi connectivity index (χ0n) is 2.97. The van der Waals surface area contributed by atoms with Crippen LogP contribution >= 0.6 is 11.6 Å². The molecule has 0 saturated heterocycles. The van der Waals surface area contributed by atoms with Crippen LogP contribution in [0.5, 0.6) is 0 Å². The van der Waals surface area contributed by atoms with E-state index in [4.69, 9.17) is 0 Å². The molecule has 0 amide bonds. The quantitative estimate of drug-likeness (QED) is 0.400. The van der Waals surface area contributed by atoms with Crippen molar-refractivity contribution in [1.29, 1.82) is 0 Å². The topological polar surface area (TPSA) is 0 Å². The Bertz CT molecular complexity index is 56.8. The minimum absolute atomic E-state index is 0. The lowest BCUT2D eigenvalue weighted by Crippen LogP contribution is -2.17. The van der Waals surface area contributed by atoms with Gasteiger partial charge in [0.15, 0.2) is 0 Å². The summed E-state index contributed by atoms with van der Waals surface area (Å²) < 4.78 is 43.0. The molecule has 52 valence electrons. The molecule has 0 aliphatic carbocycles. The maximum absolute atomic E-state index is 10.9.